The third-order valence-electron chi connectivity index (χ3n) is 2.84. The Bertz CT molecular complexity index is 616. The Morgan fingerprint density at radius 3 is 2.52 bits per heavy atom. The molecule has 21 heavy (non-hydrogen) atoms. The Balaban J connectivity index is 1.99. The van der Waals surface area contributed by atoms with Crippen LogP contribution in [0.2, 0.25) is 5.02 Å². The Morgan fingerprint density at radius 2 is 1.90 bits per heavy atom. The molecule has 0 radical (unpaired) electrons. The molecule has 2 rings (SSSR count). The fourth-order valence-electron chi connectivity index (χ4n) is 1.74. The van der Waals surface area contributed by atoms with Crippen LogP contribution in [0.3, 0.4) is 0 Å². The first-order chi connectivity index (χ1) is 10.1. The van der Waals surface area contributed by atoms with Crippen LogP contribution in [-0.4, -0.2) is 19.1 Å². The number of benzene rings is 2. The number of hydrogen-bond acceptors (Lipinski definition) is 3. The van der Waals surface area contributed by atoms with Crippen LogP contribution in [0.1, 0.15) is 6.92 Å². The molecule has 0 heterocycles. The number of amides is 1. The van der Waals surface area contributed by atoms with Crippen LogP contribution in [0, 0.1) is 0 Å². The van der Waals surface area contributed by atoms with Crippen molar-refractivity contribution in [2.75, 3.05) is 12.4 Å². The van der Waals surface area contributed by atoms with E-state index in [1.54, 1.807) is 37.3 Å². The van der Waals surface area contributed by atoms with Gasteiger partial charge in [-0.1, -0.05) is 29.8 Å². The summed E-state index contributed by atoms with van der Waals surface area (Å²) in [4.78, 5) is 12.1. The smallest absolute Gasteiger partial charge is 0.265 e. The van der Waals surface area contributed by atoms with Gasteiger partial charge in [0.25, 0.3) is 5.91 Å². The highest BCUT2D eigenvalue weighted by Gasteiger charge is 2.15. The summed E-state index contributed by atoms with van der Waals surface area (Å²) in [5, 5.41) is 3.19. The highest BCUT2D eigenvalue weighted by molar-refractivity contribution is 6.32. The van der Waals surface area contributed by atoms with E-state index >= 15 is 0 Å². The van der Waals surface area contributed by atoms with Crippen molar-refractivity contribution in [2.24, 2.45) is 0 Å². The number of carbonyl (C=O) groups is 1. The molecule has 1 atom stereocenters. The van der Waals surface area contributed by atoms with Gasteiger partial charge in [0.1, 0.15) is 11.5 Å². The minimum Gasteiger partial charge on any atom is -0.495 e. The van der Waals surface area contributed by atoms with E-state index in [2.05, 4.69) is 5.32 Å². The molecule has 5 heteroatoms. The van der Waals surface area contributed by atoms with E-state index in [1.807, 2.05) is 18.2 Å². The highest BCUT2D eigenvalue weighted by atomic mass is 35.5. The van der Waals surface area contributed by atoms with Crippen LogP contribution in [0.25, 0.3) is 0 Å². The van der Waals surface area contributed by atoms with E-state index < -0.39 is 6.10 Å². The number of hydrogen-bond donors (Lipinski definition) is 1. The number of anilines is 1. The normalized spacial score (nSPS) is 11.6. The van der Waals surface area contributed by atoms with E-state index in [9.17, 15) is 4.79 Å². The molecular formula is C16H16ClNO3. The van der Waals surface area contributed by atoms with Crippen molar-refractivity contribution in [1.29, 1.82) is 0 Å². The van der Waals surface area contributed by atoms with Crippen LogP contribution in [0.15, 0.2) is 48.5 Å². The molecule has 0 unspecified atom stereocenters. The van der Waals surface area contributed by atoms with E-state index in [4.69, 9.17) is 21.1 Å². The first-order valence-corrected chi connectivity index (χ1v) is 6.84. The van der Waals surface area contributed by atoms with Gasteiger partial charge in [0.05, 0.1) is 12.1 Å². The van der Waals surface area contributed by atoms with Gasteiger partial charge in [0, 0.05) is 5.69 Å². The van der Waals surface area contributed by atoms with E-state index in [0.717, 1.165) is 0 Å². The van der Waals surface area contributed by atoms with Gasteiger partial charge in [-0.15, -0.1) is 0 Å². The monoisotopic (exact) mass is 305 g/mol. The fraction of sp³-hybridized carbons (Fsp3) is 0.188. The Labute approximate surface area is 128 Å². The summed E-state index contributed by atoms with van der Waals surface area (Å²) < 4.78 is 10.6. The maximum atomic E-state index is 12.1. The number of ether oxygens (including phenoxy) is 2. The van der Waals surface area contributed by atoms with Crippen molar-refractivity contribution in [3.8, 4) is 11.5 Å². The highest BCUT2D eigenvalue weighted by Crippen LogP contribution is 2.27. The summed E-state index contributed by atoms with van der Waals surface area (Å²) >= 11 is 6.01. The molecule has 0 fully saturated rings. The van der Waals surface area contributed by atoms with Gasteiger partial charge in [-0.2, -0.15) is 0 Å². The summed E-state index contributed by atoms with van der Waals surface area (Å²) in [7, 11) is 1.54. The molecule has 110 valence electrons. The van der Waals surface area contributed by atoms with Gasteiger partial charge in [0.15, 0.2) is 6.10 Å². The second kappa shape index (κ2) is 6.99. The molecule has 0 saturated heterocycles. The average molecular weight is 306 g/mol. The topological polar surface area (TPSA) is 47.6 Å². The van der Waals surface area contributed by atoms with Crippen molar-refractivity contribution in [2.45, 2.75) is 13.0 Å². The van der Waals surface area contributed by atoms with Gasteiger partial charge in [-0.3, -0.25) is 4.79 Å². The maximum absolute atomic E-state index is 12.1. The van der Waals surface area contributed by atoms with Gasteiger partial charge >= 0.3 is 0 Å². The standard InChI is InChI=1S/C16H16ClNO3/c1-11(21-13-6-4-3-5-7-13)16(19)18-12-8-9-15(20-2)14(17)10-12/h3-11H,1-2H3,(H,18,19)/t11-/m1/s1. The minimum atomic E-state index is -0.617. The van der Waals surface area contributed by atoms with Crippen molar-refractivity contribution < 1.29 is 14.3 Å². The lowest BCUT2D eigenvalue weighted by molar-refractivity contribution is -0.122. The lowest BCUT2D eigenvalue weighted by Crippen LogP contribution is -2.30. The van der Waals surface area contributed by atoms with Crippen LogP contribution in [-0.2, 0) is 4.79 Å². The Kier molecular flexibility index (Phi) is 5.06. The van der Waals surface area contributed by atoms with E-state index in [0.29, 0.717) is 22.2 Å². The van der Waals surface area contributed by atoms with Gasteiger partial charge < -0.3 is 14.8 Å². The van der Waals surface area contributed by atoms with E-state index in [-0.39, 0.29) is 5.91 Å². The number of carbonyl (C=O) groups excluding carboxylic acids is 1. The fourth-order valence-corrected chi connectivity index (χ4v) is 2.00. The Morgan fingerprint density at radius 1 is 1.19 bits per heavy atom. The average Bonchev–Trinajstić information content (AvgIpc) is 2.48. The number of rotatable bonds is 5. The van der Waals surface area contributed by atoms with Crippen molar-refractivity contribution in [3.05, 3.63) is 53.6 Å². The lowest BCUT2D eigenvalue weighted by atomic mass is 10.2. The van der Waals surface area contributed by atoms with Gasteiger partial charge in [-0.05, 0) is 37.3 Å². The molecule has 0 aliphatic carbocycles. The number of methoxy groups -OCH3 is 1. The van der Waals surface area contributed by atoms with E-state index in [1.165, 1.54) is 7.11 Å². The number of para-hydroxylation sites is 1. The second-order valence-corrected chi connectivity index (χ2v) is 4.82. The molecule has 1 N–H and O–H groups in total. The summed E-state index contributed by atoms with van der Waals surface area (Å²) in [6.45, 7) is 1.69. The molecule has 0 aromatic heterocycles. The molecule has 0 aliphatic rings. The summed E-state index contributed by atoms with van der Waals surface area (Å²) in [5.41, 5.74) is 0.592. The Hall–Kier alpha value is -2.20. The number of nitrogens with one attached hydrogen (secondary N) is 1. The van der Waals surface area contributed by atoms with Gasteiger partial charge in [-0.25, -0.2) is 0 Å². The van der Waals surface area contributed by atoms with Crippen molar-refractivity contribution in [1.82, 2.24) is 0 Å². The minimum absolute atomic E-state index is 0.250. The van der Waals surface area contributed by atoms with Crippen molar-refractivity contribution >= 4 is 23.2 Å². The molecule has 1 amide bonds. The quantitative estimate of drug-likeness (QED) is 0.915. The predicted octanol–water partition coefficient (Wildman–Crippen LogP) is 3.75. The zero-order valence-electron chi connectivity index (χ0n) is 11.8. The van der Waals surface area contributed by atoms with Gasteiger partial charge in [0.2, 0.25) is 0 Å². The molecule has 2 aromatic carbocycles. The molecule has 0 aliphatic heterocycles. The molecule has 0 spiro atoms. The number of halogens is 1. The summed E-state index contributed by atoms with van der Waals surface area (Å²) in [6, 6.07) is 14.2. The SMILES string of the molecule is COc1ccc(NC(=O)[C@@H](C)Oc2ccccc2)cc1Cl. The molecule has 0 saturated carbocycles. The lowest BCUT2D eigenvalue weighted by Gasteiger charge is -2.15. The third-order valence-corrected chi connectivity index (χ3v) is 3.14. The second-order valence-electron chi connectivity index (χ2n) is 4.41. The third kappa shape index (κ3) is 4.13. The van der Waals surface area contributed by atoms with Crippen LogP contribution < -0.4 is 14.8 Å². The predicted molar refractivity (Wildman–Crippen MR) is 83.2 cm³/mol. The maximum Gasteiger partial charge on any atom is 0.265 e. The largest absolute Gasteiger partial charge is 0.495 e. The molecule has 2 aromatic rings. The molecular weight excluding hydrogens is 290 g/mol. The van der Waals surface area contributed by atoms with Crippen LogP contribution >= 0.6 is 11.6 Å². The molecule has 4 nitrogen and oxygen atoms in total. The summed E-state index contributed by atoms with van der Waals surface area (Å²) in [5.74, 6) is 0.955. The van der Waals surface area contributed by atoms with Crippen LogP contribution in [0.4, 0.5) is 5.69 Å². The first kappa shape index (κ1) is 15.2. The molecule has 0 bridgehead atoms. The van der Waals surface area contributed by atoms with Crippen LogP contribution in [0.5, 0.6) is 11.5 Å². The zero-order valence-corrected chi connectivity index (χ0v) is 12.6. The van der Waals surface area contributed by atoms with Crippen molar-refractivity contribution in [3.63, 3.8) is 0 Å². The first-order valence-electron chi connectivity index (χ1n) is 6.46. The summed E-state index contributed by atoms with van der Waals surface area (Å²) in [6.07, 6.45) is -0.617. The zero-order chi connectivity index (χ0) is 15.2.